The fourth-order valence-corrected chi connectivity index (χ4v) is 1.95. The number of tetrazole rings is 1. The molecule has 0 amide bonds. The molecule has 0 saturated carbocycles. The zero-order chi connectivity index (χ0) is 11.0. The summed E-state index contributed by atoms with van der Waals surface area (Å²) >= 11 is 0. The summed E-state index contributed by atoms with van der Waals surface area (Å²) in [7, 11) is 0.289. The number of nitrogens with zero attached hydrogens (tertiary/aromatic N) is 4. The first-order chi connectivity index (χ1) is 6.24. The van der Waals surface area contributed by atoms with Crippen molar-refractivity contribution in [1.29, 1.82) is 0 Å². The largest absolute Gasteiger partial charge is 0.379 e. The van der Waals surface area contributed by atoms with E-state index in [0.717, 1.165) is 5.95 Å². The van der Waals surface area contributed by atoms with Gasteiger partial charge in [-0.2, -0.15) is 0 Å². The summed E-state index contributed by atoms with van der Waals surface area (Å²) in [6.07, 6.45) is 0. The number of aryl methyl sites for hydroxylation is 1. The van der Waals surface area contributed by atoms with Crippen LogP contribution >= 0.6 is 0 Å². The standard InChI is InChI=1S/C8H19N5Si/c1-8(2,3)14(5,6)10-7-9-11-12-13(7)4/h1-6H3,(H,9,10,12). The summed E-state index contributed by atoms with van der Waals surface area (Å²) in [5.41, 5.74) is 0. The van der Waals surface area contributed by atoms with Crippen molar-refractivity contribution in [2.45, 2.75) is 38.9 Å². The molecule has 14 heavy (non-hydrogen) atoms. The van der Waals surface area contributed by atoms with E-state index >= 15 is 0 Å². The van der Waals surface area contributed by atoms with Crippen molar-refractivity contribution in [1.82, 2.24) is 20.2 Å². The van der Waals surface area contributed by atoms with E-state index in [1.807, 2.05) is 7.05 Å². The molecule has 0 radical (unpaired) electrons. The molecule has 0 bridgehead atoms. The maximum absolute atomic E-state index is 3.94. The molecule has 6 heteroatoms. The molecular formula is C8H19N5Si. The number of anilines is 1. The lowest BCUT2D eigenvalue weighted by molar-refractivity contribution is 0.707. The Morgan fingerprint density at radius 3 is 2.21 bits per heavy atom. The maximum atomic E-state index is 3.94. The lowest BCUT2D eigenvalue weighted by Crippen LogP contribution is -2.46. The zero-order valence-electron chi connectivity index (χ0n) is 9.79. The van der Waals surface area contributed by atoms with Gasteiger partial charge in [0.25, 0.3) is 0 Å². The molecule has 1 N–H and O–H groups in total. The van der Waals surface area contributed by atoms with Gasteiger partial charge in [0.05, 0.1) is 0 Å². The molecule has 0 atom stereocenters. The van der Waals surface area contributed by atoms with Crippen LogP contribution in [0.4, 0.5) is 5.95 Å². The van der Waals surface area contributed by atoms with Gasteiger partial charge in [-0.1, -0.05) is 39.0 Å². The summed E-state index contributed by atoms with van der Waals surface area (Å²) in [5.74, 6) is 0.761. The normalized spacial score (nSPS) is 13.0. The molecule has 0 spiro atoms. The third-order valence-electron chi connectivity index (χ3n) is 2.92. The van der Waals surface area contributed by atoms with Crippen LogP contribution in [0.15, 0.2) is 0 Å². The molecule has 0 aliphatic carbocycles. The van der Waals surface area contributed by atoms with E-state index in [-0.39, 0.29) is 5.04 Å². The zero-order valence-corrected chi connectivity index (χ0v) is 10.8. The molecule has 0 unspecified atom stereocenters. The summed E-state index contributed by atoms with van der Waals surface area (Å²) in [6.45, 7) is 11.3. The van der Waals surface area contributed by atoms with E-state index < -0.39 is 8.24 Å². The number of aromatic nitrogens is 4. The van der Waals surface area contributed by atoms with Gasteiger partial charge in [0.2, 0.25) is 5.95 Å². The Bertz CT molecular complexity index is 312. The van der Waals surface area contributed by atoms with Gasteiger partial charge in [-0.15, -0.1) is 0 Å². The summed E-state index contributed by atoms with van der Waals surface area (Å²) < 4.78 is 1.67. The third-order valence-corrected chi connectivity index (χ3v) is 7.52. The average Bonchev–Trinajstić information content (AvgIpc) is 2.33. The lowest BCUT2D eigenvalue weighted by atomic mass is 10.2. The van der Waals surface area contributed by atoms with Crippen LogP contribution in [0.1, 0.15) is 20.8 Å². The molecular weight excluding hydrogens is 194 g/mol. The number of hydrogen-bond acceptors (Lipinski definition) is 4. The van der Waals surface area contributed by atoms with Crippen molar-refractivity contribution < 1.29 is 0 Å². The van der Waals surface area contributed by atoms with Crippen molar-refractivity contribution in [3.05, 3.63) is 0 Å². The molecule has 1 heterocycles. The van der Waals surface area contributed by atoms with E-state index in [2.05, 4.69) is 54.4 Å². The Morgan fingerprint density at radius 2 is 1.86 bits per heavy atom. The van der Waals surface area contributed by atoms with E-state index in [9.17, 15) is 0 Å². The van der Waals surface area contributed by atoms with Crippen LogP contribution in [0.2, 0.25) is 18.1 Å². The number of rotatable bonds is 2. The Balaban J connectivity index is 2.84. The Hall–Kier alpha value is -0.913. The molecule has 1 aromatic rings. The average molecular weight is 213 g/mol. The Kier molecular flexibility index (Phi) is 2.66. The topological polar surface area (TPSA) is 55.6 Å². The van der Waals surface area contributed by atoms with Gasteiger partial charge in [-0.25, -0.2) is 4.68 Å². The smallest absolute Gasteiger partial charge is 0.234 e. The molecule has 1 rings (SSSR count). The summed E-state index contributed by atoms with van der Waals surface area (Å²) in [4.78, 5) is 3.47. The van der Waals surface area contributed by atoms with Gasteiger partial charge < -0.3 is 4.98 Å². The molecule has 0 aromatic carbocycles. The molecule has 0 aliphatic heterocycles. The lowest BCUT2D eigenvalue weighted by Gasteiger charge is -2.36. The van der Waals surface area contributed by atoms with Crippen LogP contribution in [0.5, 0.6) is 0 Å². The fourth-order valence-electron chi connectivity index (χ4n) is 0.802. The van der Waals surface area contributed by atoms with Crippen molar-refractivity contribution >= 4 is 14.2 Å². The molecule has 0 aliphatic rings. The highest BCUT2D eigenvalue weighted by Crippen LogP contribution is 2.35. The third kappa shape index (κ3) is 2.12. The second-order valence-corrected chi connectivity index (χ2v) is 10.1. The number of nitrogens with one attached hydrogen (secondary N) is 1. The van der Waals surface area contributed by atoms with Crippen molar-refractivity contribution in [3.8, 4) is 0 Å². The van der Waals surface area contributed by atoms with Crippen molar-refractivity contribution in [2.75, 3.05) is 4.98 Å². The monoisotopic (exact) mass is 213 g/mol. The minimum atomic E-state index is -1.55. The van der Waals surface area contributed by atoms with Crippen LogP contribution in [-0.4, -0.2) is 28.4 Å². The minimum absolute atomic E-state index is 0.277. The Labute approximate surface area is 86.0 Å². The van der Waals surface area contributed by atoms with Crippen LogP contribution in [0, 0.1) is 0 Å². The van der Waals surface area contributed by atoms with E-state index in [4.69, 9.17) is 0 Å². The van der Waals surface area contributed by atoms with Crippen LogP contribution in [0.3, 0.4) is 0 Å². The van der Waals surface area contributed by atoms with Gasteiger partial charge in [0.15, 0.2) is 8.24 Å². The number of hydrogen-bond donors (Lipinski definition) is 1. The quantitative estimate of drug-likeness (QED) is 0.759. The van der Waals surface area contributed by atoms with Crippen LogP contribution in [-0.2, 0) is 7.05 Å². The van der Waals surface area contributed by atoms with E-state index in [0.29, 0.717) is 0 Å². The second-order valence-electron chi connectivity index (χ2n) is 5.13. The first-order valence-electron chi connectivity index (χ1n) is 4.74. The first kappa shape index (κ1) is 11.2. The first-order valence-corrected chi connectivity index (χ1v) is 7.74. The highest BCUT2D eigenvalue weighted by molar-refractivity contribution is 6.82. The fraction of sp³-hybridized carbons (Fsp3) is 0.875. The van der Waals surface area contributed by atoms with Gasteiger partial charge >= 0.3 is 0 Å². The molecule has 1 aromatic heterocycles. The Morgan fingerprint density at radius 1 is 1.29 bits per heavy atom. The summed E-state index contributed by atoms with van der Waals surface area (Å²) in [5, 5.41) is 11.6. The highest BCUT2D eigenvalue weighted by atomic mass is 28.3. The van der Waals surface area contributed by atoms with Crippen LogP contribution < -0.4 is 4.98 Å². The second kappa shape index (κ2) is 3.34. The predicted molar refractivity (Wildman–Crippen MR) is 59.6 cm³/mol. The van der Waals surface area contributed by atoms with Gasteiger partial charge in [0.1, 0.15) is 0 Å². The highest BCUT2D eigenvalue weighted by Gasteiger charge is 2.36. The van der Waals surface area contributed by atoms with E-state index in [1.165, 1.54) is 0 Å². The SMILES string of the molecule is Cn1nnnc1N[Si](C)(C)C(C)(C)C. The molecule has 80 valence electrons. The molecule has 0 saturated heterocycles. The van der Waals surface area contributed by atoms with Crippen molar-refractivity contribution in [3.63, 3.8) is 0 Å². The van der Waals surface area contributed by atoms with E-state index in [1.54, 1.807) is 4.68 Å². The predicted octanol–water partition coefficient (Wildman–Crippen LogP) is 1.63. The van der Waals surface area contributed by atoms with Crippen LogP contribution in [0.25, 0.3) is 0 Å². The van der Waals surface area contributed by atoms with Crippen molar-refractivity contribution in [2.24, 2.45) is 7.05 Å². The molecule has 5 nitrogen and oxygen atoms in total. The van der Waals surface area contributed by atoms with Gasteiger partial charge in [0, 0.05) is 7.05 Å². The van der Waals surface area contributed by atoms with Gasteiger partial charge in [-0.05, 0) is 15.5 Å². The molecule has 0 fully saturated rings. The minimum Gasteiger partial charge on any atom is -0.379 e. The maximum Gasteiger partial charge on any atom is 0.234 e. The summed E-state index contributed by atoms with van der Waals surface area (Å²) in [6, 6.07) is 0. The van der Waals surface area contributed by atoms with Gasteiger partial charge in [-0.3, -0.25) is 0 Å².